The topological polar surface area (TPSA) is 93.1 Å². The molecule has 0 saturated carbocycles. The Bertz CT molecular complexity index is 1280. The van der Waals surface area contributed by atoms with E-state index in [9.17, 15) is 14.4 Å². The van der Waals surface area contributed by atoms with Gasteiger partial charge < -0.3 is 10.6 Å². The van der Waals surface area contributed by atoms with Gasteiger partial charge in [-0.15, -0.1) is 11.3 Å². The van der Waals surface area contributed by atoms with Crippen molar-refractivity contribution in [3.05, 3.63) is 93.9 Å². The lowest BCUT2D eigenvalue weighted by atomic mass is 10.1. The molecule has 2 aromatic carbocycles. The maximum atomic E-state index is 12.6. The van der Waals surface area contributed by atoms with Crippen molar-refractivity contribution in [2.24, 2.45) is 0 Å². The standard InChI is InChI=1S/C23H20N4O3S/c28-20(14-27-15-25-22-18(23(27)30)11-13-31-22)26-19-9-5-4-8-17(19)21(29)24-12-10-16-6-2-1-3-7-16/h1-9,11,13,15H,10,12,14H2,(H,24,29)(H,26,28). The number of nitrogens with zero attached hydrogens (tertiary/aromatic N) is 2. The van der Waals surface area contributed by atoms with Crippen molar-refractivity contribution >= 4 is 39.1 Å². The average Bonchev–Trinajstić information content (AvgIpc) is 3.26. The molecule has 2 N–H and O–H groups in total. The number of fused-ring (bicyclic) bond motifs is 1. The highest BCUT2D eigenvalue weighted by Crippen LogP contribution is 2.16. The summed E-state index contributed by atoms with van der Waals surface area (Å²) in [7, 11) is 0. The van der Waals surface area contributed by atoms with Gasteiger partial charge in [-0.3, -0.25) is 19.0 Å². The minimum Gasteiger partial charge on any atom is -0.352 e. The molecule has 0 bridgehead atoms. The first kappa shape index (κ1) is 20.5. The second-order valence-electron chi connectivity index (χ2n) is 6.90. The van der Waals surface area contributed by atoms with Gasteiger partial charge in [0.25, 0.3) is 11.5 Å². The minimum atomic E-state index is -0.414. The molecule has 0 fully saturated rings. The van der Waals surface area contributed by atoms with E-state index in [1.165, 1.54) is 22.2 Å². The van der Waals surface area contributed by atoms with Crippen LogP contribution in [0.25, 0.3) is 10.2 Å². The van der Waals surface area contributed by atoms with Gasteiger partial charge in [0.1, 0.15) is 11.4 Å². The molecule has 0 aliphatic rings. The van der Waals surface area contributed by atoms with E-state index in [0.717, 1.165) is 5.56 Å². The zero-order valence-electron chi connectivity index (χ0n) is 16.6. The summed E-state index contributed by atoms with van der Waals surface area (Å²) in [6.45, 7) is 0.286. The zero-order valence-corrected chi connectivity index (χ0v) is 17.4. The number of aromatic nitrogens is 2. The largest absolute Gasteiger partial charge is 0.352 e. The number of anilines is 1. The van der Waals surface area contributed by atoms with Gasteiger partial charge in [0.15, 0.2) is 0 Å². The van der Waals surface area contributed by atoms with Crippen LogP contribution in [0.2, 0.25) is 0 Å². The van der Waals surface area contributed by atoms with E-state index in [4.69, 9.17) is 0 Å². The number of rotatable bonds is 7. The second kappa shape index (κ2) is 9.36. The number of carbonyl (C=O) groups is 2. The van der Waals surface area contributed by atoms with Crippen LogP contribution in [-0.4, -0.2) is 27.9 Å². The first-order valence-corrected chi connectivity index (χ1v) is 10.6. The maximum absolute atomic E-state index is 12.6. The molecule has 156 valence electrons. The third-order valence-electron chi connectivity index (χ3n) is 4.75. The Kier molecular flexibility index (Phi) is 6.18. The van der Waals surface area contributed by atoms with Crippen LogP contribution < -0.4 is 16.2 Å². The Morgan fingerprint density at radius 2 is 1.77 bits per heavy atom. The summed E-state index contributed by atoms with van der Waals surface area (Å²) in [6.07, 6.45) is 2.07. The molecule has 2 heterocycles. The quantitative estimate of drug-likeness (QED) is 0.469. The summed E-state index contributed by atoms with van der Waals surface area (Å²) in [5.74, 6) is -0.687. The molecule has 0 atom stereocenters. The average molecular weight is 433 g/mol. The number of hydrogen-bond acceptors (Lipinski definition) is 5. The summed E-state index contributed by atoms with van der Waals surface area (Å²) in [5, 5.41) is 7.89. The van der Waals surface area contributed by atoms with E-state index in [2.05, 4.69) is 15.6 Å². The fourth-order valence-electron chi connectivity index (χ4n) is 3.20. The van der Waals surface area contributed by atoms with Crippen molar-refractivity contribution < 1.29 is 9.59 Å². The maximum Gasteiger partial charge on any atom is 0.262 e. The van der Waals surface area contributed by atoms with E-state index in [1.807, 2.05) is 30.3 Å². The Balaban J connectivity index is 1.41. The molecule has 7 nitrogen and oxygen atoms in total. The fourth-order valence-corrected chi connectivity index (χ4v) is 3.92. The van der Waals surface area contributed by atoms with Crippen LogP contribution >= 0.6 is 11.3 Å². The molecule has 0 aliphatic heterocycles. The first-order valence-electron chi connectivity index (χ1n) is 9.75. The monoisotopic (exact) mass is 432 g/mol. The normalized spacial score (nSPS) is 10.7. The summed E-state index contributed by atoms with van der Waals surface area (Å²) in [4.78, 5) is 42.5. The van der Waals surface area contributed by atoms with Gasteiger partial charge in [0.2, 0.25) is 5.91 Å². The van der Waals surface area contributed by atoms with E-state index in [0.29, 0.717) is 34.4 Å². The second-order valence-corrected chi connectivity index (χ2v) is 7.80. The lowest BCUT2D eigenvalue weighted by molar-refractivity contribution is -0.116. The summed E-state index contributed by atoms with van der Waals surface area (Å²) in [6, 6.07) is 18.4. The first-order chi connectivity index (χ1) is 15.1. The van der Waals surface area contributed by atoms with E-state index in [1.54, 1.807) is 35.7 Å². The number of carbonyl (C=O) groups excluding carboxylic acids is 2. The summed E-state index contributed by atoms with van der Waals surface area (Å²) < 4.78 is 1.26. The van der Waals surface area contributed by atoms with E-state index < -0.39 is 5.91 Å². The third-order valence-corrected chi connectivity index (χ3v) is 5.57. The van der Waals surface area contributed by atoms with Gasteiger partial charge in [0, 0.05) is 6.54 Å². The number of para-hydroxylation sites is 1. The van der Waals surface area contributed by atoms with Gasteiger partial charge in [0.05, 0.1) is 23.0 Å². The molecule has 0 saturated heterocycles. The number of amides is 2. The van der Waals surface area contributed by atoms with Gasteiger partial charge in [-0.2, -0.15) is 0 Å². The highest BCUT2D eigenvalue weighted by molar-refractivity contribution is 7.16. The van der Waals surface area contributed by atoms with Crippen LogP contribution in [0.15, 0.2) is 77.2 Å². The number of nitrogens with one attached hydrogen (secondary N) is 2. The Hall–Kier alpha value is -3.78. The number of thiophene rings is 1. The molecule has 0 spiro atoms. The summed E-state index contributed by atoms with van der Waals surface area (Å²) >= 11 is 1.37. The Morgan fingerprint density at radius 3 is 2.61 bits per heavy atom. The fraction of sp³-hybridized carbons (Fsp3) is 0.130. The lowest BCUT2D eigenvalue weighted by Crippen LogP contribution is -2.29. The molecule has 4 rings (SSSR count). The van der Waals surface area contributed by atoms with Crippen LogP contribution in [0.3, 0.4) is 0 Å². The van der Waals surface area contributed by atoms with E-state index >= 15 is 0 Å². The molecule has 31 heavy (non-hydrogen) atoms. The highest BCUT2D eigenvalue weighted by atomic mass is 32.1. The predicted molar refractivity (Wildman–Crippen MR) is 121 cm³/mol. The minimum absolute atomic E-state index is 0.193. The predicted octanol–water partition coefficient (Wildman–Crippen LogP) is 3.07. The van der Waals surface area contributed by atoms with E-state index in [-0.39, 0.29) is 18.0 Å². The molecular formula is C23H20N4O3S. The third kappa shape index (κ3) is 4.87. The molecule has 2 amide bonds. The Labute approximate surface area is 182 Å². The molecule has 4 aromatic rings. The van der Waals surface area contributed by atoms with Crippen molar-refractivity contribution in [1.82, 2.24) is 14.9 Å². The smallest absolute Gasteiger partial charge is 0.262 e. The molecule has 0 unspecified atom stereocenters. The zero-order chi connectivity index (χ0) is 21.6. The van der Waals surface area contributed by atoms with Crippen molar-refractivity contribution in [1.29, 1.82) is 0 Å². The molecule has 2 aromatic heterocycles. The molecule has 8 heteroatoms. The van der Waals surface area contributed by atoms with Crippen LogP contribution in [0.1, 0.15) is 15.9 Å². The van der Waals surface area contributed by atoms with Crippen LogP contribution in [-0.2, 0) is 17.8 Å². The van der Waals surface area contributed by atoms with Crippen molar-refractivity contribution in [2.75, 3.05) is 11.9 Å². The molecule has 0 aliphatic carbocycles. The van der Waals surface area contributed by atoms with Gasteiger partial charge >= 0.3 is 0 Å². The van der Waals surface area contributed by atoms with Gasteiger partial charge in [-0.25, -0.2) is 4.98 Å². The van der Waals surface area contributed by atoms with Gasteiger partial charge in [-0.1, -0.05) is 42.5 Å². The van der Waals surface area contributed by atoms with Crippen molar-refractivity contribution in [3.8, 4) is 0 Å². The molecular weight excluding hydrogens is 412 g/mol. The van der Waals surface area contributed by atoms with Crippen LogP contribution in [0, 0.1) is 0 Å². The lowest BCUT2D eigenvalue weighted by Gasteiger charge is -2.12. The SMILES string of the molecule is O=C(Cn1cnc2sccc2c1=O)Nc1ccccc1C(=O)NCCc1ccccc1. The molecule has 0 radical (unpaired) electrons. The van der Waals surface area contributed by atoms with Crippen LogP contribution in [0.4, 0.5) is 5.69 Å². The highest BCUT2D eigenvalue weighted by Gasteiger charge is 2.14. The van der Waals surface area contributed by atoms with Crippen molar-refractivity contribution in [3.63, 3.8) is 0 Å². The summed E-state index contributed by atoms with van der Waals surface area (Å²) in [5.41, 5.74) is 1.62. The number of benzene rings is 2. The van der Waals surface area contributed by atoms with Gasteiger partial charge in [-0.05, 0) is 35.6 Å². The Morgan fingerprint density at radius 1 is 1.00 bits per heavy atom. The number of hydrogen-bond donors (Lipinski definition) is 2. The van der Waals surface area contributed by atoms with Crippen molar-refractivity contribution in [2.45, 2.75) is 13.0 Å². The van der Waals surface area contributed by atoms with Crippen LogP contribution in [0.5, 0.6) is 0 Å².